The summed E-state index contributed by atoms with van der Waals surface area (Å²) in [5, 5.41) is 13.5. The number of methoxy groups -OCH3 is 1. The van der Waals surface area contributed by atoms with Crippen molar-refractivity contribution >= 4 is 17.8 Å². The standard InChI is InChI=1S/C13H16N2O5/c1-20-10(13(18)19)7-14-11(16)8-15-12(17)9-5-3-2-4-6-9/h2-6,10H,7-8H2,1H3,(H,14,16)(H,15,17)(H,18,19). The minimum Gasteiger partial charge on any atom is -0.479 e. The summed E-state index contributed by atoms with van der Waals surface area (Å²) in [7, 11) is 1.24. The maximum absolute atomic E-state index is 11.6. The zero-order valence-corrected chi connectivity index (χ0v) is 11.0. The first-order valence-corrected chi connectivity index (χ1v) is 5.90. The van der Waals surface area contributed by atoms with E-state index in [1.165, 1.54) is 7.11 Å². The molecule has 108 valence electrons. The molecule has 1 aromatic carbocycles. The molecule has 0 aliphatic rings. The maximum atomic E-state index is 11.6. The van der Waals surface area contributed by atoms with Crippen LogP contribution in [0.2, 0.25) is 0 Å². The topological polar surface area (TPSA) is 105 Å². The summed E-state index contributed by atoms with van der Waals surface area (Å²) in [5.41, 5.74) is 0.445. The number of nitrogens with one attached hydrogen (secondary N) is 2. The number of ether oxygens (including phenoxy) is 1. The molecule has 0 radical (unpaired) electrons. The summed E-state index contributed by atoms with van der Waals surface area (Å²) in [5.74, 6) is -2.03. The van der Waals surface area contributed by atoms with Crippen LogP contribution in [-0.4, -0.2) is 49.2 Å². The van der Waals surface area contributed by atoms with Gasteiger partial charge in [-0.2, -0.15) is 0 Å². The molecule has 7 nitrogen and oxygen atoms in total. The van der Waals surface area contributed by atoms with Gasteiger partial charge in [0.05, 0.1) is 13.1 Å². The molecule has 0 saturated carbocycles. The first kappa shape index (κ1) is 15.6. The van der Waals surface area contributed by atoms with Crippen LogP contribution in [0.4, 0.5) is 0 Å². The lowest BCUT2D eigenvalue weighted by atomic mass is 10.2. The smallest absolute Gasteiger partial charge is 0.334 e. The second kappa shape index (κ2) is 7.90. The fourth-order valence-corrected chi connectivity index (χ4v) is 1.39. The second-order valence-electron chi connectivity index (χ2n) is 3.92. The summed E-state index contributed by atoms with van der Waals surface area (Å²) < 4.78 is 4.66. The van der Waals surface area contributed by atoms with Crippen molar-refractivity contribution in [1.29, 1.82) is 0 Å². The Morgan fingerprint density at radius 1 is 1.20 bits per heavy atom. The van der Waals surface area contributed by atoms with Crippen LogP contribution >= 0.6 is 0 Å². The fourth-order valence-electron chi connectivity index (χ4n) is 1.39. The van der Waals surface area contributed by atoms with E-state index in [9.17, 15) is 14.4 Å². The molecule has 0 aliphatic carbocycles. The number of rotatable bonds is 7. The third kappa shape index (κ3) is 5.07. The number of carbonyl (C=O) groups is 3. The van der Waals surface area contributed by atoms with E-state index in [-0.39, 0.29) is 19.0 Å². The second-order valence-corrected chi connectivity index (χ2v) is 3.92. The summed E-state index contributed by atoms with van der Waals surface area (Å²) >= 11 is 0. The van der Waals surface area contributed by atoms with Crippen LogP contribution in [0.5, 0.6) is 0 Å². The highest BCUT2D eigenvalue weighted by Crippen LogP contribution is 1.97. The Hall–Kier alpha value is -2.41. The predicted octanol–water partition coefficient (Wildman–Crippen LogP) is -0.368. The van der Waals surface area contributed by atoms with Gasteiger partial charge in [0.25, 0.3) is 5.91 Å². The Bertz CT molecular complexity index is 475. The summed E-state index contributed by atoms with van der Waals surface area (Å²) in [6, 6.07) is 8.45. The van der Waals surface area contributed by atoms with Gasteiger partial charge in [0.15, 0.2) is 6.10 Å². The van der Waals surface area contributed by atoms with Gasteiger partial charge in [-0.3, -0.25) is 9.59 Å². The third-order valence-corrected chi connectivity index (χ3v) is 2.49. The van der Waals surface area contributed by atoms with Crippen LogP contribution in [0.1, 0.15) is 10.4 Å². The maximum Gasteiger partial charge on any atom is 0.334 e. The number of amides is 2. The van der Waals surface area contributed by atoms with E-state index in [1.54, 1.807) is 30.3 Å². The highest BCUT2D eigenvalue weighted by Gasteiger charge is 2.17. The van der Waals surface area contributed by atoms with Crippen molar-refractivity contribution < 1.29 is 24.2 Å². The molecule has 0 aliphatic heterocycles. The Labute approximate surface area is 115 Å². The molecule has 0 saturated heterocycles. The van der Waals surface area contributed by atoms with E-state index in [4.69, 9.17) is 5.11 Å². The lowest BCUT2D eigenvalue weighted by molar-refractivity contribution is -0.148. The van der Waals surface area contributed by atoms with E-state index in [2.05, 4.69) is 15.4 Å². The normalized spacial score (nSPS) is 11.4. The molecule has 3 N–H and O–H groups in total. The zero-order chi connectivity index (χ0) is 15.0. The highest BCUT2D eigenvalue weighted by atomic mass is 16.5. The minimum atomic E-state index is -1.17. The molecule has 0 spiro atoms. The zero-order valence-electron chi connectivity index (χ0n) is 11.0. The molecule has 0 bridgehead atoms. The molecule has 0 aromatic heterocycles. The molecule has 7 heteroatoms. The monoisotopic (exact) mass is 280 g/mol. The quantitative estimate of drug-likeness (QED) is 0.632. The van der Waals surface area contributed by atoms with Crippen molar-refractivity contribution in [3.63, 3.8) is 0 Å². The number of carboxylic acid groups (broad SMARTS) is 1. The van der Waals surface area contributed by atoms with E-state index in [1.807, 2.05) is 0 Å². The molecule has 0 fully saturated rings. The fraction of sp³-hybridized carbons (Fsp3) is 0.308. The van der Waals surface area contributed by atoms with Crippen molar-refractivity contribution in [3.8, 4) is 0 Å². The van der Waals surface area contributed by atoms with Crippen molar-refractivity contribution in [1.82, 2.24) is 10.6 Å². The van der Waals surface area contributed by atoms with Crippen LogP contribution in [0.15, 0.2) is 30.3 Å². The molecule has 1 aromatic rings. The average Bonchev–Trinajstić information content (AvgIpc) is 2.46. The Balaban J connectivity index is 2.33. The van der Waals surface area contributed by atoms with E-state index in [0.29, 0.717) is 5.56 Å². The van der Waals surface area contributed by atoms with Gasteiger partial charge in [0, 0.05) is 12.7 Å². The van der Waals surface area contributed by atoms with Gasteiger partial charge in [-0.1, -0.05) is 18.2 Å². The van der Waals surface area contributed by atoms with Crippen molar-refractivity contribution in [3.05, 3.63) is 35.9 Å². The number of hydrogen-bond acceptors (Lipinski definition) is 4. The number of benzene rings is 1. The summed E-state index contributed by atoms with van der Waals surface area (Å²) in [4.78, 5) is 33.7. The average molecular weight is 280 g/mol. The first-order valence-electron chi connectivity index (χ1n) is 5.90. The van der Waals surface area contributed by atoms with Gasteiger partial charge >= 0.3 is 5.97 Å². The molecule has 1 rings (SSSR count). The van der Waals surface area contributed by atoms with Gasteiger partial charge in [0.1, 0.15) is 0 Å². The molecule has 0 heterocycles. The SMILES string of the molecule is COC(CNC(=O)CNC(=O)c1ccccc1)C(=O)O. The van der Waals surface area contributed by atoms with Gasteiger partial charge in [-0.05, 0) is 12.1 Å². The first-order chi connectivity index (χ1) is 9.54. The lowest BCUT2D eigenvalue weighted by Crippen LogP contribution is -2.42. The molecule has 2 amide bonds. The summed E-state index contributed by atoms with van der Waals surface area (Å²) in [6.45, 7) is -0.393. The van der Waals surface area contributed by atoms with E-state index < -0.39 is 18.0 Å². The Morgan fingerprint density at radius 2 is 1.85 bits per heavy atom. The van der Waals surface area contributed by atoms with Gasteiger partial charge in [-0.25, -0.2) is 4.79 Å². The number of carbonyl (C=O) groups excluding carboxylic acids is 2. The van der Waals surface area contributed by atoms with Gasteiger partial charge < -0.3 is 20.5 Å². The summed E-state index contributed by atoms with van der Waals surface area (Å²) in [6.07, 6.45) is -1.11. The molecule has 20 heavy (non-hydrogen) atoms. The van der Waals surface area contributed by atoms with Crippen molar-refractivity contribution in [2.24, 2.45) is 0 Å². The lowest BCUT2D eigenvalue weighted by Gasteiger charge is -2.11. The van der Waals surface area contributed by atoms with Crippen molar-refractivity contribution in [2.45, 2.75) is 6.10 Å². The number of carboxylic acids is 1. The largest absolute Gasteiger partial charge is 0.479 e. The van der Waals surface area contributed by atoms with Gasteiger partial charge in [0.2, 0.25) is 5.91 Å². The van der Waals surface area contributed by atoms with Crippen LogP contribution in [0.3, 0.4) is 0 Å². The van der Waals surface area contributed by atoms with Crippen LogP contribution < -0.4 is 10.6 Å². The highest BCUT2D eigenvalue weighted by molar-refractivity contribution is 5.96. The van der Waals surface area contributed by atoms with Crippen LogP contribution in [0, 0.1) is 0 Å². The third-order valence-electron chi connectivity index (χ3n) is 2.49. The number of hydrogen-bond donors (Lipinski definition) is 3. The number of aliphatic carboxylic acids is 1. The Morgan fingerprint density at radius 3 is 2.40 bits per heavy atom. The van der Waals surface area contributed by atoms with Crippen molar-refractivity contribution in [2.75, 3.05) is 20.2 Å². The molecular weight excluding hydrogens is 264 g/mol. The Kier molecular flexibility index (Phi) is 6.18. The van der Waals surface area contributed by atoms with E-state index >= 15 is 0 Å². The molecular formula is C13H16N2O5. The predicted molar refractivity (Wildman–Crippen MR) is 70.2 cm³/mol. The molecule has 1 atom stereocenters. The molecule has 1 unspecified atom stereocenters. The van der Waals surface area contributed by atoms with Crippen LogP contribution in [0.25, 0.3) is 0 Å². The van der Waals surface area contributed by atoms with E-state index in [0.717, 1.165) is 0 Å². The van der Waals surface area contributed by atoms with Crippen LogP contribution in [-0.2, 0) is 14.3 Å². The minimum absolute atomic E-state index is 0.161. The van der Waals surface area contributed by atoms with Gasteiger partial charge in [-0.15, -0.1) is 0 Å².